The molecule has 40 heavy (non-hydrogen) atoms. The Morgan fingerprint density at radius 2 is 1.88 bits per heavy atom. The summed E-state index contributed by atoms with van der Waals surface area (Å²) in [4.78, 5) is 40.4. The number of ketones is 2. The van der Waals surface area contributed by atoms with E-state index in [1.54, 1.807) is 4.90 Å². The van der Waals surface area contributed by atoms with Gasteiger partial charge in [-0.15, -0.1) is 0 Å². The maximum absolute atomic E-state index is 14.6. The number of aromatic hydroxyl groups is 1. The van der Waals surface area contributed by atoms with Crippen molar-refractivity contribution in [2.45, 2.75) is 37.2 Å². The van der Waals surface area contributed by atoms with Gasteiger partial charge in [-0.05, 0) is 43.0 Å². The summed E-state index contributed by atoms with van der Waals surface area (Å²) in [7, 11) is 1.31. The standard InChI is InChI=1S/C26H28F3N3O8/c1-31-19-13-7-10-6-12-16(14(33)8-11(18(12)26(27,28)29)9-32-2-4-40-5-3-32)20(34)15(10)22(36)25(13,39)23(37)17(21(19)35)24(30)38/h8,10,13,19,31,33-34,37,39H,2-7,9H2,1H3,(H2,30,38)/t10-,13-,19-,25-/m0/s1. The van der Waals surface area contributed by atoms with Crippen molar-refractivity contribution in [1.82, 2.24) is 10.2 Å². The fourth-order valence-corrected chi connectivity index (χ4v) is 6.63. The first-order valence-corrected chi connectivity index (χ1v) is 12.6. The van der Waals surface area contributed by atoms with E-state index >= 15 is 0 Å². The van der Waals surface area contributed by atoms with Crippen molar-refractivity contribution in [1.29, 1.82) is 0 Å². The number of aliphatic hydroxyl groups is 3. The first kappa shape index (κ1) is 28.1. The predicted octanol–water partition coefficient (Wildman–Crippen LogP) is 0.473. The molecule has 11 nitrogen and oxygen atoms in total. The second-order valence-corrected chi connectivity index (χ2v) is 10.5. The van der Waals surface area contributed by atoms with Gasteiger partial charge in [-0.1, -0.05) is 0 Å². The number of nitrogens with zero attached hydrogens (tertiary/aromatic N) is 1. The van der Waals surface area contributed by atoms with Gasteiger partial charge in [-0.3, -0.25) is 19.3 Å². The maximum Gasteiger partial charge on any atom is 0.417 e. The highest BCUT2D eigenvalue weighted by molar-refractivity contribution is 6.24. The van der Waals surface area contributed by atoms with E-state index in [1.807, 2.05) is 0 Å². The SMILES string of the molecule is CN[C@@H]1C(=O)C(C(N)=O)=C(O)[C@@]2(O)C(=O)C3=C(O)c4c(O)cc(CN5CCOCC5)c(C(F)(F)F)c4C[C@H]3C[C@@H]12. The fourth-order valence-electron chi connectivity index (χ4n) is 6.63. The third kappa shape index (κ3) is 4.00. The molecule has 0 aromatic heterocycles. The topological polar surface area (TPSA) is 183 Å². The average molecular weight is 568 g/mol. The molecule has 1 aromatic carbocycles. The number of morpholine rings is 1. The van der Waals surface area contributed by atoms with Crippen molar-refractivity contribution in [3.63, 3.8) is 0 Å². The van der Waals surface area contributed by atoms with E-state index in [0.29, 0.717) is 26.3 Å². The summed E-state index contributed by atoms with van der Waals surface area (Å²) in [5.74, 6) is -9.14. The highest BCUT2D eigenvalue weighted by Gasteiger charge is 2.63. The number of rotatable bonds is 4. The van der Waals surface area contributed by atoms with Crippen LogP contribution in [0.4, 0.5) is 13.2 Å². The van der Waals surface area contributed by atoms with E-state index in [-0.39, 0.29) is 18.5 Å². The van der Waals surface area contributed by atoms with Gasteiger partial charge in [0.05, 0.1) is 30.4 Å². The number of phenols is 1. The molecule has 0 radical (unpaired) electrons. The molecule has 0 bridgehead atoms. The molecule has 3 aliphatic carbocycles. The molecule has 2 fully saturated rings. The third-order valence-electron chi connectivity index (χ3n) is 8.38. The summed E-state index contributed by atoms with van der Waals surface area (Å²) in [6.07, 6.45) is -5.66. The number of carbonyl (C=O) groups is 3. The zero-order chi connectivity index (χ0) is 29.3. The van der Waals surface area contributed by atoms with Crippen LogP contribution in [0.1, 0.15) is 28.7 Å². The number of likely N-dealkylation sites (N-methyl/N-ethyl adjacent to an activating group) is 1. The lowest BCUT2D eigenvalue weighted by Crippen LogP contribution is -2.65. The van der Waals surface area contributed by atoms with Gasteiger partial charge in [0.2, 0.25) is 5.78 Å². The molecule has 14 heteroatoms. The number of carbonyl (C=O) groups excluding carboxylic acids is 3. The van der Waals surface area contributed by atoms with E-state index in [2.05, 4.69) is 5.32 Å². The van der Waals surface area contributed by atoms with Crippen LogP contribution in [0.3, 0.4) is 0 Å². The Morgan fingerprint density at radius 3 is 2.45 bits per heavy atom. The molecule has 1 saturated heterocycles. The predicted molar refractivity (Wildman–Crippen MR) is 131 cm³/mol. The molecule has 1 aromatic rings. The van der Waals surface area contributed by atoms with Gasteiger partial charge < -0.3 is 36.2 Å². The maximum atomic E-state index is 14.6. The van der Waals surface area contributed by atoms with Crippen molar-refractivity contribution < 1.29 is 52.7 Å². The van der Waals surface area contributed by atoms with E-state index < -0.39 is 98.7 Å². The minimum atomic E-state index is -4.89. The van der Waals surface area contributed by atoms with E-state index in [4.69, 9.17) is 10.5 Å². The lowest BCUT2D eigenvalue weighted by molar-refractivity contribution is -0.150. The molecule has 216 valence electrons. The van der Waals surface area contributed by atoms with Gasteiger partial charge in [-0.2, -0.15) is 13.2 Å². The first-order valence-electron chi connectivity index (χ1n) is 12.6. The molecule has 1 amide bonds. The first-order chi connectivity index (χ1) is 18.7. The van der Waals surface area contributed by atoms with Gasteiger partial charge in [0.1, 0.15) is 22.8 Å². The summed E-state index contributed by atoms with van der Waals surface area (Å²) in [5, 5.41) is 46.9. The minimum absolute atomic E-state index is 0.146. The molecular formula is C26H28F3N3O8. The van der Waals surface area contributed by atoms with Crippen LogP contribution in [-0.4, -0.2) is 87.8 Å². The van der Waals surface area contributed by atoms with Crippen molar-refractivity contribution in [3.05, 3.63) is 45.2 Å². The number of halogens is 3. The number of Topliss-reactive ketones (excluding diaryl/α,β-unsaturated/α-hetero) is 2. The lowest BCUT2D eigenvalue weighted by Gasteiger charge is -2.49. The van der Waals surface area contributed by atoms with Crippen LogP contribution in [0.15, 0.2) is 23.0 Å². The highest BCUT2D eigenvalue weighted by atomic mass is 19.4. The van der Waals surface area contributed by atoms with E-state index in [1.165, 1.54) is 7.05 Å². The summed E-state index contributed by atoms with van der Waals surface area (Å²) < 4.78 is 48.9. The van der Waals surface area contributed by atoms with Gasteiger partial charge in [0.25, 0.3) is 5.91 Å². The fraction of sp³-hybridized carbons (Fsp3) is 0.500. The van der Waals surface area contributed by atoms with Crippen LogP contribution in [0.5, 0.6) is 5.75 Å². The average Bonchev–Trinajstić information content (AvgIpc) is 2.86. The lowest BCUT2D eigenvalue weighted by atomic mass is 9.57. The van der Waals surface area contributed by atoms with Crippen molar-refractivity contribution >= 4 is 23.2 Å². The monoisotopic (exact) mass is 567 g/mol. The molecular weight excluding hydrogens is 539 g/mol. The smallest absolute Gasteiger partial charge is 0.417 e. The molecule has 4 aliphatic rings. The summed E-state index contributed by atoms with van der Waals surface area (Å²) in [6, 6.07) is -0.488. The van der Waals surface area contributed by atoms with Gasteiger partial charge in [0.15, 0.2) is 11.4 Å². The number of amides is 1. The van der Waals surface area contributed by atoms with E-state index in [0.717, 1.165) is 6.07 Å². The number of phenolic OH excluding ortho intramolecular Hbond substituents is 1. The number of alkyl halides is 3. The van der Waals surface area contributed by atoms with Gasteiger partial charge in [-0.25, -0.2) is 0 Å². The normalized spacial score (nSPS) is 29.3. The molecule has 1 aliphatic heterocycles. The molecule has 1 heterocycles. The number of ether oxygens (including phenoxy) is 1. The number of nitrogens with one attached hydrogen (secondary N) is 1. The van der Waals surface area contributed by atoms with Gasteiger partial charge >= 0.3 is 6.18 Å². The Morgan fingerprint density at radius 1 is 1.23 bits per heavy atom. The Labute approximate surface area is 225 Å². The van der Waals surface area contributed by atoms with Crippen LogP contribution >= 0.6 is 0 Å². The number of fused-ring (bicyclic) bond motifs is 3. The Kier molecular flexibility index (Phi) is 6.72. The van der Waals surface area contributed by atoms with Crippen LogP contribution in [0.25, 0.3) is 5.76 Å². The zero-order valence-electron chi connectivity index (χ0n) is 21.3. The van der Waals surface area contributed by atoms with Crippen LogP contribution in [-0.2, 0) is 38.3 Å². The molecule has 7 N–H and O–H groups in total. The van der Waals surface area contributed by atoms with Crippen molar-refractivity contribution in [2.75, 3.05) is 33.4 Å². The van der Waals surface area contributed by atoms with Crippen LogP contribution in [0, 0.1) is 11.8 Å². The summed E-state index contributed by atoms with van der Waals surface area (Å²) >= 11 is 0. The Hall–Kier alpha value is -3.46. The molecule has 4 atom stereocenters. The van der Waals surface area contributed by atoms with Crippen LogP contribution < -0.4 is 11.1 Å². The zero-order valence-corrected chi connectivity index (χ0v) is 21.3. The summed E-state index contributed by atoms with van der Waals surface area (Å²) in [6.45, 7) is 1.29. The van der Waals surface area contributed by atoms with Crippen molar-refractivity contribution in [2.24, 2.45) is 17.6 Å². The number of hydrogen-bond acceptors (Lipinski definition) is 10. The second kappa shape index (κ2) is 9.58. The minimum Gasteiger partial charge on any atom is -0.508 e. The van der Waals surface area contributed by atoms with Gasteiger partial charge in [0, 0.05) is 31.1 Å². The molecule has 0 spiro atoms. The number of primary amides is 1. The number of aliphatic hydroxyl groups excluding tert-OH is 2. The Bertz CT molecular complexity index is 1380. The Balaban J connectivity index is 1.70. The number of nitrogens with two attached hydrogens (primary N) is 1. The third-order valence-corrected chi connectivity index (χ3v) is 8.38. The van der Waals surface area contributed by atoms with E-state index in [9.17, 15) is 48.0 Å². The quantitative estimate of drug-likeness (QED) is 0.280. The molecule has 0 unspecified atom stereocenters. The largest absolute Gasteiger partial charge is 0.508 e. The second-order valence-electron chi connectivity index (χ2n) is 10.5. The summed E-state index contributed by atoms with van der Waals surface area (Å²) in [5.41, 5.74) is -1.43. The van der Waals surface area contributed by atoms with Crippen LogP contribution in [0.2, 0.25) is 0 Å². The number of benzene rings is 1. The number of hydrogen-bond donors (Lipinski definition) is 6. The highest BCUT2D eigenvalue weighted by Crippen LogP contribution is 2.54. The molecule has 1 saturated carbocycles. The van der Waals surface area contributed by atoms with Crippen molar-refractivity contribution in [3.8, 4) is 5.75 Å². The molecule has 5 rings (SSSR count).